The van der Waals surface area contributed by atoms with Crippen molar-refractivity contribution in [2.24, 2.45) is 5.41 Å². The summed E-state index contributed by atoms with van der Waals surface area (Å²) >= 11 is 0. The number of nitrogens with one attached hydrogen (secondary N) is 2. The molecule has 35 heavy (non-hydrogen) atoms. The van der Waals surface area contributed by atoms with Crippen molar-refractivity contribution >= 4 is 33.2 Å². The van der Waals surface area contributed by atoms with E-state index in [-0.39, 0.29) is 17.4 Å². The number of carbonyl (C=O) groups excluding carboxylic acids is 2. The van der Waals surface area contributed by atoms with Crippen LogP contribution in [-0.4, -0.2) is 57.1 Å². The van der Waals surface area contributed by atoms with Crippen LogP contribution in [0.1, 0.15) is 54.2 Å². The fourth-order valence-corrected chi connectivity index (χ4v) is 6.33. The lowest BCUT2D eigenvalue weighted by Gasteiger charge is -2.42. The molecule has 0 radical (unpaired) electrons. The Kier molecular flexibility index (Phi) is 5.78. The molecule has 0 spiro atoms. The number of nitrogens with zero attached hydrogens (tertiary/aromatic N) is 2. The molecule has 2 aliphatic heterocycles. The van der Waals surface area contributed by atoms with Gasteiger partial charge in [0.2, 0.25) is 15.9 Å². The molecule has 2 heterocycles. The van der Waals surface area contributed by atoms with E-state index in [1.807, 2.05) is 25.2 Å². The predicted octanol–water partition coefficient (Wildman–Crippen LogP) is 2.92. The second kappa shape index (κ2) is 8.55. The summed E-state index contributed by atoms with van der Waals surface area (Å²) in [7, 11) is -1.75. The molecule has 186 valence electrons. The standard InChI is InChI=1S/C26H32N4O4S/c1-26(2)15-19-13-18(25(32)28-35(33,34)21-8-9-21)7-10-22(19)27-24(26)17-5-4-6-20(14-17)30-12-11-29(3)23(31)16-30/h4-7,10,13-14,21,24,27H,8-9,11-12,15-16H2,1-3H3,(H,28,32). The van der Waals surface area contributed by atoms with E-state index in [0.717, 1.165) is 35.5 Å². The van der Waals surface area contributed by atoms with Gasteiger partial charge in [0.25, 0.3) is 5.91 Å². The van der Waals surface area contributed by atoms with Crippen LogP contribution in [0.3, 0.4) is 0 Å². The van der Waals surface area contributed by atoms with E-state index in [4.69, 9.17) is 0 Å². The number of hydrogen-bond acceptors (Lipinski definition) is 6. The van der Waals surface area contributed by atoms with E-state index in [2.05, 4.69) is 40.9 Å². The molecular formula is C26H32N4O4S. The highest BCUT2D eigenvalue weighted by atomic mass is 32.2. The third-order valence-electron chi connectivity index (χ3n) is 7.32. The number of rotatable bonds is 5. The average Bonchev–Trinajstić information content (AvgIpc) is 3.65. The Morgan fingerprint density at radius 3 is 2.60 bits per heavy atom. The van der Waals surface area contributed by atoms with Crippen LogP contribution in [-0.2, 0) is 21.2 Å². The number of carbonyl (C=O) groups is 2. The number of anilines is 2. The molecule has 2 aromatic carbocycles. The third kappa shape index (κ3) is 4.74. The molecule has 8 nitrogen and oxygen atoms in total. The zero-order valence-corrected chi connectivity index (χ0v) is 21.2. The molecule has 1 atom stereocenters. The normalized spacial score (nSPS) is 21.8. The van der Waals surface area contributed by atoms with Gasteiger partial charge in [-0.1, -0.05) is 26.0 Å². The molecule has 1 unspecified atom stereocenters. The topological polar surface area (TPSA) is 98.8 Å². The highest BCUT2D eigenvalue weighted by molar-refractivity contribution is 7.91. The lowest BCUT2D eigenvalue weighted by molar-refractivity contribution is -0.129. The molecule has 1 saturated carbocycles. The zero-order valence-electron chi connectivity index (χ0n) is 20.4. The van der Waals surface area contributed by atoms with Gasteiger partial charge in [0, 0.05) is 37.1 Å². The van der Waals surface area contributed by atoms with Crippen molar-refractivity contribution in [1.82, 2.24) is 9.62 Å². The van der Waals surface area contributed by atoms with Crippen molar-refractivity contribution in [2.45, 2.75) is 44.4 Å². The molecule has 0 aromatic heterocycles. The Bertz CT molecular complexity index is 1290. The zero-order chi connectivity index (χ0) is 25.0. The van der Waals surface area contributed by atoms with Gasteiger partial charge in [-0.3, -0.25) is 9.59 Å². The van der Waals surface area contributed by atoms with Gasteiger partial charge in [-0.05, 0) is 66.1 Å². The van der Waals surface area contributed by atoms with E-state index < -0.39 is 21.2 Å². The minimum Gasteiger partial charge on any atom is -0.377 e. The van der Waals surface area contributed by atoms with Gasteiger partial charge in [-0.15, -0.1) is 0 Å². The SMILES string of the molecule is CN1CCN(c2cccc(C3Nc4ccc(C(=O)NS(=O)(=O)C5CC5)cc4CC3(C)C)c2)CC1=O. The second-order valence-corrected chi connectivity index (χ2v) is 12.6. The maximum absolute atomic E-state index is 12.6. The molecule has 2 N–H and O–H groups in total. The lowest BCUT2D eigenvalue weighted by atomic mass is 9.72. The summed E-state index contributed by atoms with van der Waals surface area (Å²) in [6.45, 7) is 6.26. The Labute approximate surface area is 206 Å². The first kappa shape index (κ1) is 23.7. The molecule has 0 bridgehead atoms. The van der Waals surface area contributed by atoms with Crippen LogP contribution in [0.15, 0.2) is 42.5 Å². The highest BCUT2D eigenvalue weighted by Gasteiger charge is 2.38. The van der Waals surface area contributed by atoms with Crippen molar-refractivity contribution in [3.8, 4) is 0 Å². The molecule has 9 heteroatoms. The summed E-state index contributed by atoms with van der Waals surface area (Å²) in [5, 5.41) is 3.21. The van der Waals surface area contributed by atoms with E-state index >= 15 is 0 Å². The van der Waals surface area contributed by atoms with Gasteiger partial charge in [0.1, 0.15) is 0 Å². The highest BCUT2D eigenvalue weighted by Crippen LogP contribution is 2.45. The number of fused-ring (bicyclic) bond motifs is 1. The summed E-state index contributed by atoms with van der Waals surface area (Å²) in [5.74, 6) is -0.453. The van der Waals surface area contributed by atoms with Crippen molar-refractivity contribution in [1.29, 1.82) is 0 Å². The maximum Gasteiger partial charge on any atom is 0.264 e. The van der Waals surface area contributed by atoms with E-state index in [1.165, 1.54) is 0 Å². The van der Waals surface area contributed by atoms with Gasteiger partial charge in [0.15, 0.2) is 0 Å². The molecule has 1 saturated heterocycles. The summed E-state index contributed by atoms with van der Waals surface area (Å²) in [5.41, 5.74) is 4.29. The van der Waals surface area contributed by atoms with Gasteiger partial charge >= 0.3 is 0 Å². The molecule has 2 amide bonds. The minimum absolute atomic E-state index is 0.0352. The van der Waals surface area contributed by atoms with E-state index in [0.29, 0.717) is 31.5 Å². The monoisotopic (exact) mass is 496 g/mol. The fourth-order valence-electron chi connectivity index (χ4n) is 5.03. The summed E-state index contributed by atoms with van der Waals surface area (Å²) in [6.07, 6.45) is 1.95. The Morgan fingerprint density at radius 2 is 1.89 bits per heavy atom. The Morgan fingerprint density at radius 1 is 1.11 bits per heavy atom. The predicted molar refractivity (Wildman–Crippen MR) is 136 cm³/mol. The molecule has 1 aliphatic carbocycles. The molecular weight excluding hydrogens is 464 g/mol. The average molecular weight is 497 g/mol. The van der Waals surface area contributed by atoms with Gasteiger partial charge in [-0.2, -0.15) is 0 Å². The van der Waals surface area contributed by atoms with Crippen molar-refractivity contribution in [3.05, 3.63) is 59.2 Å². The number of benzene rings is 2. The first-order valence-corrected chi connectivity index (χ1v) is 13.6. The van der Waals surface area contributed by atoms with Crippen LogP contribution in [0.4, 0.5) is 11.4 Å². The van der Waals surface area contributed by atoms with Crippen molar-refractivity contribution in [2.75, 3.05) is 36.9 Å². The molecule has 5 rings (SSSR count). The van der Waals surface area contributed by atoms with Crippen molar-refractivity contribution in [3.63, 3.8) is 0 Å². The van der Waals surface area contributed by atoms with Gasteiger partial charge in [0.05, 0.1) is 17.8 Å². The van der Waals surface area contributed by atoms with Crippen LogP contribution in [0.2, 0.25) is 0 Å². The fraction of sp³-hybridized carbons (Fsp3) is 0.462. The minimum atomic E-state index is -3.59. The van der Waals surface area contributed by atoms with Crippen LogP contribution in [0, 0.1) is 5.41 Å². The lowest BCUT2D eigenvalue weighted by Crippen LogP contribution is -2.48. The number of hydrogen-bond donors (Lipinski definition) is 2. The number of likely N-dealkylation sites (N-methyl/N-ethyl adjacent to an activating group) is 1. The first-order chi connectivity index (χ1) is 16.5. The number of sulfonamides is 1. The first-order valence-electron chi connectivity index (χ1n) is 12.1. The van der Waals surface area contributed by atoms with Crippen molar-refractivity contribution < 1.29 is 18.0 Å². The van der Waals surface area contributed by atoms with Crippen LogP contribution in [0.5, 0.6) is 0 Å². The van der Waals surface area contributed by atoms with E-state index in [1.54, 1.807) is 17.0 Å². The van der Waals surface area contributed by atoms with Crippen LogP contribution < -0.4 is 14.9 Å². The molecule has 2 aromatic rings. The number of amides is 2. The third-order valence-corrected chi connectivity index (χ3v) is 9.14. The Hall–Kier alpha value is -3.07. The maximum atomic E-state index is 12.6. The van der Waals surface area contributed by atoms with Gasteiger partial charge in [-0.25, -0.2) is 13.1 Å². The Balaban J connectivity index is 1.37. The van der Waals surface area contributed by atoms with Crippen LogP contribution in [0.25, 0.3) is 0 Å². The van der Waals surface area contributed by atoms with E-state index in [9.17, 15) is 18.0 Å². The quantitative estimate of drug-likeness (QED) is 0.661. The second-order valence-electron chi connectivity index (χ2n) is 10.6. The molecule has 2 fully saturated rings. The number of piperazine rings is 1. The largest absolute Gasteiger partial charge is 0.377 e. The molecule has 3 aliphatic rings. The van der Waals surface area contributed by atoms with Gasteiger partial charge < -0.3 is 15.1 Å². The summed E-state index contributed by atoms with van der Waals surface area (Å²) in [6, 6.07) is 13.7. The summed E-state index contributed by atoms with van der Waals surface area (Å²) in [4.78, 5) is 28.7. The smallest absolute Gasteiger partial charge is 0.264 e. The van der Waals surface area contributed by atoms with Crippen LogP contribution >= 0.6 is 0 Å². The summed E-state index contributed by atoms with van der Waals surface area (Å²) < 4.78 is 26.6.